The molecule has 0 unspecified atom stereocenters. The monoisotopic (exact) mass is 198 g/mol. The van der Waals surface area contributed by atoms with Crippen LogP contribution in [0.25, 0.3) is 0 Å². The van der Waals surface area contributed by atoms with E-state index in [0.29, 0.717) is 0 Å². The fraction of sp³-hybridized carbons (Fsp3) is 0.143. The van der Waals surface area contributed by atoms with Crippen molar-refractivity contribution in [1.82, 2.24) is 0 Å². The molecule has 7 nitrogen and oxygen atoms in total. The van der Waals surface area contributed by atoms with E-state index in [1.54, 1.807) is 18.2 Å². The Morgan fingerprint density at radius 1 is 1.07 bits per heavy atom. The number of benzene rings is 1. The predicted octanol–water partition coefficient (Wildman–Crippen LogP) is 0.902. The Morgan fingerprint density at radius 2 is 1.57 bits per heavy atom. The maximum Gasteiger partial charge on any atom is 0.611 e. The predicted molar refractivity (Wildman–Crippen MR) is 44.8 cm³/mol. The summed E-state index contributed by atoms with van der Waals surface area (Å²) in [6.45, 7) is 0. The number of para-hydroxylation sites is 1. The van der Waals surface area contributed by atoms with Gasteiger partial charge < -0.3 is 4.74 Å². The van der Waals surface area contributed by atoms with Crippen molar-refractivity contribution in [2.75, 3.05) is 0 Å². The van der Waals surface area contributed by atoms with Crippen molar-refractivity contribution in [3.8, 4) is 5.75 Å². The molecular weight excluding hydrogens is 192 g/mol. The van der Waals surface area contributed by atoms with Gasteiger partial charge in [-0.15, -0.1) is 0 Å². The molecule has 0 saturated heterocycles. The van der Waals surface area contributed by atoms with Crippen molar-refractivity contribution in [1.29, 1.82) is 0 Å². The molecule has 1 rings (SSSR count). The number of rotatable bonds is 4. The smallest absolute Gasteiger partial charge is 0.373 e. The lowest BCUT2D eigenvalue weighted by atomic mass is 10.3. The largest absolute Gasteiger partial charge is 0.611 e. The molecule has 0 atom stereocenters. The third-order valence-electron chi connectivity index (χ3n) is 1.35. The van der Waals surface area contributed by atoms with Crippen LogP contribution in [0.4, 0.5) is 0 Å². The van der Waals surface area contributed by atoms with E-state index in [1.807, 2.05) is 0 Å². The highest BCUT2D eigenvalue weighted by atomic mass is 16.7. The van der Waals surface area contributed by atoms with Gasteiger partial charge in [0.15, 0.2) is 0 Å². The molecule has 0 aliphatic carbocycles. The molecule has 74 valence electrons. The van der Waals surface area contributed by atoms with Crippen LogP contribution >= 0.6 is 0 Å². The Kier molecular flexibility index (Phi) is 2.95. The fourth-order valence-corrected chi connectivity index (χ4v) is 0.784. The summed E-state index contributed by atoms with van der Waals surface area (Å²) in [6.07, 6.45) is -2.25. The molecule has 0 amide bonds. The SMILES string of the molecule is O=[N+]([O-])C(Oc1ccccc1)[N+](=O)[O-]. The van der Waals surface area contributed by atoms with Crippen molar-refractivity contribution in [3.63, 3.8) is 0 Å². The van der Waals surface area contributed by atoms with Crippen molar-refractivity contribution in [2.45, 2.75) is 6.35 Å². The molecule has 1 aromatic carbocycles. The van der Waals surface area contributed by atoms with Gasteiger partial charge in [-0.2, -0.15) is 0 Å². The summed E-state index contributed by atoms with van der Waals surface area (Å²) in [7, 11) is 0. The van der Waals surface area contributed by atoms with Crippen LogP contribution in [0.1, 0.15) is 0 Å². The Balaban J connectivity index is 2.75. The molecule has 1 aromatic rings. The summed E-state index contributed by atoms with van der Waals surface area (Å²) in [5, 5.41) is 20.4. The molecule has 0 radical (unpaired) electrons. The Labute approximate surface area is 78.2 Å². The van der Waals surface area contributed by atoms with Gasteiger partial charge in [0.25, 0.3) is 0 Å². The van der Waals surface area contributed by atoms with Crippen LogP contribution in [-0.2, 0) is 0 Å². The molecule has 0 fully saturated rings. The van der Waals surface area contributed by atoms with E-state index >= 15 is 0 Å². The maximum absolute atomic E-state index is 10.2. The molecule has 0 spiro atoms. The average molecular weight is 198 g/mol. The molecule has 0 aromatic heterocycles. The van der Waals surface area contributed by atoms with E-state index in [4.69, 9.17) is 0 Å². The van der Waals surface area contributed by atoms with Gasteiger partial charge in [-0.3, -0.25) is 20.2 Å². The second-order valence-corrected chi connectivity index (χ2v) is 2.33. The minimum absolute atomic E-state index is 0.0888. The van der Waals surface area contributed by atoms with Gasteiger partial charge in [-0.1, -0.05) is 18.2 Å². The van der Waals surface area contributed by atoms with Crippen LogP contribution in [0.3, 0.4) is 0 Å². The number of ether oxygens (including phenoxy) is 1. The number of nitrogens with zero attached hydrogens (tertiary/aromatic N) is 2. The van der Waals surface area contributed by atoms with Crippen molar-refractivity contribution >= 4 is 0 Å². The van der Waals surface area contributed by atoms with Crippen LogP contribution in [0.5, 0.6) is 5.75 Å². The quantitative estimate of drug-likeness (QED) is 0.407. The minimum Gasteiger partial charge on any atom is -0.373 e. The Morgan fingerprint density at radius 3 is 2.00 bits per heavy atom. The van der Waals surface area contributed by atoms with E-state index in [2.05, 4.69) is 4.74 Å². The second kappa shape index (κ2) is 4.17. The first-order valence-electron chi connectivity index (χ1n) is 3.60. The van der Waals surface area contributed by atoms with Crippen LogP contribution in [0, 0.1) is 20.2 Å². The summed E-state index contributed by atoms with van der Waals surface area (Å²) < 4.78 is 4.54. The summed E-state index contributed by atoms with van der Waals surface area (Å²) in [5.41, 5.74) is 0. The topological polar surface area (TPSA) is 95.5 Å². The number of nitro groups is 2. The van der Waals surface area contributed by atoms with Gasteiger partial charge >= 0.3 is 6.35 Å². The fourth-order valence-electron chi connectivity index (χ4n) is 0.784. The lowest BCUT2D eigenvalue weighted by molar-refractivity contribution is -0.781. The molecule has 0 bridgehead atoms. The van der Waals surface area contributed by atoms with Gasteiger partial charge in [0, 0.05) is 0 Å². The molecule has 7 heteroatoms. The molecule has 0 aliphatic rings. The third-order valence-corrected chi connectivity index (χ3v) is 1.35. The third kappa shape index (κ3) is 2.41. The average Bonchev–Trinajstić information content (AvgIpc) is 2.15. The van der Waals surface area contributed by atoms with Gasteiger partial charge in [0.2, 0.25) is 0 Å². The zero-order chi connectivity index (χ0) is 10.6. The highest BCUT2D eigenvalue weighted by Crippen LogP contribution is 2.11. The van der Waals surface area contributed by atoms with Gasteiger partial charge in [-0.05, 0) is 12.1 Å². The van der Waals surface area contributed by atoms with Gasteiger partial charge in [0.1, 0.15) is 15.6 Å². The van der Waals surface area contributed by atoms with Crippen molar-refractivity contribution in [2.24, 2.45) is 0 Å². The highest BCUT2D eigenvalue weighted by Gasteiger charge is 2.34. The molecule has 0 heterocycles. The lowest BCUT2D eigenvalue weighted by Gasteiger charge is -2.03. The number of hydrogen-bond donors (Lipinski definition) is 0. The van der Waals surface area contributed by atoms with Crippen LogP contribution in [0.2, 0.25) is 0 Å². The number of hydrogen-bond acceptors (Lipinski definition) is 5. The van der Waals surface area contributed by atoms with E-state index in [1.165, 1.54) is 12.1 Å². The maximum atomic E-state index is 10.2. The first-order chi connectivity index (χ1) is 6.61. The first kappa shape index (κ1) is 9.90. The Hall–Kier alpha value is -2.18. The second-order valence-electron chi connectivity index (χ2n) is 2.33. The normalized spacial score (nSPS) is 9.79. The van der Waals surface area contributed by atoms with E-state index < -0.39 is 16.2 Å². The van der Waals surface area contributed by atoms with E-state index in [-0.39, 0.29) is 5.75 Å². The standard InChI is InChI=1S/C7H6N2O5/c10-8(11)7(9(12)13)14-6-4-2-1-3-5-6/h1-5,7H. The van der Waals surface area contributed by atoms with E-state index in [9.17, 15) is 20.2 Å². The Bertz CT molecular complexity index is 325. The molecule has 14 heavy (non-hydrogen) atoms. The van der Waals surface area contributed by atoms with Crippen LogP contribution < -0.4 is 4.74 Å². The zero-order valence-electron chi connectivity index (χ0n) is 6.90. The summed E-state index contributed by atoms with van der Waals surface area (Å²) in [6, 6.07) is 7.60. The molecule has 0 N–H and O–H groups in total. The van der Waals surface area contributed by atoms with Crippen LogP contribution in [0.15, 0.2) is 30.3 Å². The molecule has 0 saturated carbocycles. The van der Waals surface area contributed by atoms with Gasteiger partial charge in [-0.25, -0.2) is 0 Å². The summed E-state index contributed by atoms with van der Waals surface area (Å²) >= 11 is 0. The van der Waals surface area contributed by atoms with Crippen LogP contribution in [-0.4, -0.2) is 16.2 Å². The lowest BCUT2D eigenvalue weighted by Crippen LogP contribution is -2.34. The molecule has 0 aliphatic heterocycles. The summed E-state index contributed by atoms with van der Waals surface area (Å²) in [5.74, 6) is 0.0888. The van der Waals surface area contributed by atoms with Crippen molar-refractivity contribution < 1.29 is 14.6 Å². The molecular formula is C7H6N2O5. The highest BCUT2D eigenvalue weighted by molar-refractivity contribution is 5.20. The minimum atomic E-state index is -2.25. The summed E-state index contributed by atoms with van der Waals surface area (Å²) in [4.78, 5) is 18.2. The first-order valence-corrected chi connectivity index (χ1v) is 3.60. The van der Waals surface area contributed by atoms with Crippen molar-refractivity contribution in [3.05, 3.63) is 50.6 Å². The van der Waals surface area contributed by atoms with Gasteiger partial charge in [0.05, 0.1) is 0 Å². The van der Waals surface area contributed by atoms with E-state index in [0.717, 1.165) is 0 Å². The zero-order valence-corrected chi connectivity index (χ0v) is 6.90.